The number of para-hydroxylation sites is 1. The standard InChI is InChI=1S/C16H20N2O2S/c1-3-11-15(19)17-10-6-8-13(17)16(20)18(11)12-7-4-5-9-14(12)21-2/h4-5,7,9,11,13H,3,6,8,10H2,1-2H3. The number of hydrogen-bond donors (Lipinski definition) is 0. The van der Waals surface area contributed by atoms with Crippen molar-refractivity contribution in [2.75, 3.05) is 17.7 Å². The van der Waals surface area contributed by atoms with Crippen LogP contribution in [-0.2, 0) is 9.59 Å². The molecular weight excluding hydrogens is 284 g/mol. The number of amides is 2. The number of benzene rings is 1. The molecule has 2 amide bonds. The predicted molar refractivity (Wildman–Crippen MR) is 84.5 cm³/mol. The lowest BCUT2D eigenvalue weighted by Gasteiger charge is -2.42. The van der Waals surface area contributed by atoms with Crippen molar-refractivity contribution in [1.82, 2.24) is 4.90 Å². The molecular formula is C16H20N2O2S. The summed E-state index contributed by atoms with van der Waals surface area (Å²) in [5.41, 5.74) is 0.877. The van der Waals surface area contributed by atoms with E-state index in [2.05, 4.69) is 0 Å². The maximum atomic E-state index is 12.9. The van der Waals surface area contributed by atoms with E-state index in [-0.39, 0.29) is 23.9 Å². The number of carbonyl (C=O) groups is 2. The van der Waals surface area contributed by atoms with Gasteiger partial charge in [0.2, 0.25) is 5.91 Å². The van der Waals surface area contributed by atoms with Crippen molar-refractivity contribution in [2.24, 2.45) is 0 Å². The number of piperazine rings is 1. The van der Waals surface area contributed by atoms with Crippen LogP contribution in [0.5, 0.6) is 0 Å². The molecule has 1 aromatic rings. The second kappa shape index (κ2) is 5.72. The first-order chi connectivity index (χ1) is 10.2. The van der Waals surface area contributed by atoms with Crippen molar-refractivity contribution in [3.8, 4) is 0 Å². The fraction of sp³-hybridized carbons (Fsp3) is 0.500. The maximum absolute atomic E-state index is 12.9. The smallest absolute Gasteiger partial charge is 0.250 e. The van der Waals surface area contributed by atoms with E-state index in [1.165, 1.54) is 0 Å². The number of thioether (sulfide) groups is 1. The zero-order chi connectivity index (χ0) is 15.0. The van der Waals surface area contributed by atoms with Gasteiger partial charge in [0.15, 0.2) is 0 Å². The van der Waals surface area contributed by atoms with Gasteiger partial charge in [0.25, 0.3) is 5.91 Å². The van der Waals surface area contributed by atoms with Gasteiger partial charge < -0.3 is 4.90 Å². The largest absolute Gasteiger partial charge is 0.329 e. The summed E-state index contributed by atoms with van der Waals surface area (Å²) in [4.78, 5) is 30.2. The molecule has 4 nitrogen and oxygen atoms in total. The van der Waals surface area contributed by atoms with Crippen LogP contribution in [0.4, 0.5) is 5.69 Å². The molecule has 2 saturated heterocycles. The summed E-state index contributed by atoms with van der Waals surface area (Å²) < 4.78 is 0. The molecule has 2 atom stereocenters. The molecule has 5 heteroatoms. The van der Waals surface area contributed by atoms with E-state index in [9.17, 15) is 9.59 Å². The average molecular weight is 304 g/mol. The van der Waals surface area contributed by atoms with Crippen LogP contribution in [0.15, 0.2) is 29.2 Å². The molecule has 3 rings (SSSR count). The summed E-state index contributed by atoms with van der Waals surface area (Å²) in [6.07, 6.45) is 4.37. The van der Waals surface area contributed by atoms with Crippen molar-refractivity contribution >= 4 is 29.3 Å². The predicted octanol–water partition coefficient (Wildman–Crippen LogP) is 2.52. The molecule has 0 aliphatic carbocycles. The number of nitrogens with zero attached hydrogens (tertiary/aromatic N) is 2. The van der Waals surface area contributed by atoms with Crippen molar-refractivity contribution in [3.63, 3.8) is 0 Å². The molecule has 0 spiro atoms. The third-order valence-corrected chi connectivity index (χ3v) is 5.17. The fourth-order valence-electron chi connectivity index (χ4n) is 3.38. The van der Waals surface area contributed by atoms with Gasteiger partial charge in [0.1, 0.15) is 12.1 Å². The van der Waals surface area contributed by atoms with E-state index in [0.717, 1.165) is 30.0 Å². The van der Waals surface area contributed by atoms with Gasteiger partial charge in [-0.3, -0.25) is 14.5 Å². The number of fused-ring (bicyclic) bond motifs is 1. The van der Waals surface area contributed by atoms with Gasteiger partial charge in [0.05, 0.1) is 5.69 Å². The summed E-state index contributed by atoms with van der Waals surface area (Å²) in [5.74, 6) is 0.191. The molecule has 0 N–H and O–H groups in total. The number of anilines is 1. The SMILES string of the molecule is CCC1C(=O)N2CCCC2C(=O)N1c1ccccc1SC. The van der Waals surface area contributed by atoms with E-state index in [0.29, 0.717) is 6.42 Å². The Balaban J connectivity index is 2.06. The van der Waals surface area contributed by atoms with Crippen LogP contribution in [0, 0.1) is 0 Å². The minimum Gasteiger partial charge on any atom is -0.329 e. The van der Waals surface area contributed by atoms with Crippen molar-refractivity contribution < 1.29 is 9.59 Å². The van der Waals surface area contributed by atoms with Crippen LogP contribution in [0.25, 0.3) is 0 Å². The van der Waals surface area contributed by atoms with Crippen LogP contribution >= 0.6 is 11.8 Å². The highest BCUT2D eigenvalue weighted by Crippen LogP contribution is 2.36. The second-order valence-electron chi connectivity index (χ2n) is 5.49. The highest BCUT2D eigenvalue weighted by atomic mass is 32.2. The van der Waals surface area contributed by atoms with Crippen molar-refractivity contribution in [3.05, 3.63) is 24.3 Å². The van der Waals surface area contributed by atoms with Gasteiger partial charge in [-0.2, -0.15) is 0 Å². The van der Waals surface area contributed by atoms with Crippen LogP contribution in [0.1, 0.15) is 26.2 Å². The third kappa shape index (κ3) is 2.24. The van der Waals surface area contributed by atoms with E-state index in [4.69, 9.17) is 0 Å². The summed E-state index contributed by atoms with van der Waals surface area (Å²) >= 11 is 1.61. The normalized spacial score (nSPS) is 25.4. The third-order valence-electron chi connectivity index (χ3n) is 4.39. The number of hydrogen-bond acceptors (Lipinski definition) is 3. The number of carbonyl (C=O) groups excluding carboxylic acids is 2. The van der Waals surface area contributed by atoms with Gasteiger partial charge in [-0.1, -0.05) is 19.1 Å². The van der Waals surface area contributed by atoms with Gasteiger partial charge >= 0.3 is 0 Å². The maximum Gasteiger partial charge on any atom is 0.250 e. The zero-order valence-corrected chi connectivity index (χ0v) is 13.2. The fourth-order valence-corrected chi connectivity index (χ4v) is 3.97. The Hall–Kier alpha value is -1.49. The quantitative estimate of drug-likeness (QED) is 0.806. The first-order valence-corrected chi connectivity index (χ1v) is 8.68. The summed E-state index contributed by atoms with van der Waals surface area (Å²) in [6, 6.07) is 7.24. The molecule has 2 unspecified atom stereocenters. The van der Waals surface area contributed by atoms with Crippen LogP contribution < -0.4 is 4.90 Å². The molecule has 112 valence electrons. The lowest BCUT2D eigenvalue weighted by atomic mass is 10.0. The molecule has 0 radical (unpaired) electrons. The second-order valence-corrected chi connectivity index (χ2v) is 6.34. The zero-order valence-electron chi connectivity index (χ0n) is 12.4. The van der Waals surface area contributed by atoms with Crippen LogP contribution in [0.3, 0.4) is 0 Å². The molecule has 0 saturated carbocycles. The Bertz CT molecular complexity index is 575. The Kier molecular flexibility index (Phi) is 3.93. The van der Waals surface area contributed by atoms with Gasteiger partial charge in [-0.05, 0) is 37.7 Å². The Morgan fingerprint density at radius 3 is 2.71 bits per heavy atom. The molecule has 2 heterocycles. The minimum atomic E-state index is -0.361. The molecule has 2 aliphatic rings. The first kappa shape index (κ1) is 14.4. The van der Waals surface area contributed by atoms with Crippen molar-refractivity contribution in [1.29, 1.82) is 0 Å². The Morgan fingerprint density at radius 2 is 2.00 bits per heavy atom. The molecule has 0 bridgehead atoms. The average Bonchev–Trinajstić information content (AvgIpc) is 3.00. The molecule has 1 aromatic carbocycles. The summed E-state index contributed by atoms with van der Waals surface area (Å²) in [6.45, 7) is 2.70. The van der Waals surface area contributed by atoms with Gasteiger partial charge in [-0.15, -0.1) is 11.8 Å². The van der Waals surface area contributed by atoms with E-state index in [1.807, 2.05) is 37.4 Å². The van der Waals surface area contributed by atoms with Crippen LogP contribution in [-0.4, -0.2) is 41.6 Å². The lowest BCUT2D eigenvalue weighted by Crippen LogP contribution is -2.63. The van der Waals surface area contributed by atoms with Crippen molar-refractivity contribution in [2.45, 2.75) is 43.2 Å². The van der Waals surface area contributed by atoms with Gasteiger partial charge in [0, 0.05) is 11.4 Å². The van der Waals surface area contributed by atoms with E-state index >= 15 is 0 Å². The summed E-state index contributed by atoms with van der Waals surface area (Å²) in [5, 5.41) is 0. The van der Waals surface area contributed by atoms with E-state index < -0.39 is 0 Å². The number of rotatable bonds is 3. The lowest BCUT2D eigenvalue weighted by molar-refractivity contribution is -0.144. The highest BCUT2D eigenvalue weighted by molar-refractivity contribution is 7.98. The minimum absolute atomic E-state index is 0.0838. The molecule has 2 fully saturated rings. The highest BCUT2D eigenvalue weighted by Gasteiger charge is 2.47. The molecule has 0 aromatic heterocycles. The topological polar surface area (TPSA) is 40.6 Å². The summed E-state index contributed by atoms with van der Waals surface area (Å²) in [7, 11) is 0. The Labute approximate surface area is 129 Å². The van der Waals surface area contributed by atoms with E-state index in [1.54, 1.807) is 21.6 Å². The first-order valence-electron chi connectivity index (χ1n) is 7.45. The molecule has 2 aliphatic heterocycles. The van der Waals surface area contributed by atoms with Crippen LogP contribution in [0.2, 0.25) is 0 Å². The van der Waals surface area contributed by atoms with Gasteiger partial charge in [-0.25, -0.2) is 0 Å². The Morgan fingerprint density at radius 1 is 1.24 bits per heavy atom. The monoisotopic (exact) mass is 304 g/mol. The molecule has 21 heavy (non-hydrogen) atoms.